The third kappa shape index (κ3) is 9.25. The number of sulfonamides is 1. The van der Waals surface area contributed by atoms with Gasteiger partial charge in [-0.1, -0.05) is 61.0 Å². The van der Waals surface area contributed by atoms with Gasteiger partial charge in [0.05, 0.1) is 31.9 Å². The molecule has 4 rings (SSSR count). The molecule has 0 fully saturated rings. The van der Waals surface area contributed by atoms with Crippen LogP contribution < -0.4 is 23.8 Å². The Morgan fingerprint density at radius 1 is 0.840 bits per heavy atom. The van der Waals surface area contributed by atoms with Crippen molar-refractivity contribution in [1.29, 1.82) is 0 Å². The Kier molecular flexibility index (Phi) is 13.1. The lowest BCUT2D eigenvalue weighted by molar-refractivity contribution is -0.140. The minimum Gasteiger partial charge on any atom is -0.495 e. The zero-order chi connectivity index (χ0) is 36.4. The number of rotatable bonds is 16. The maximum absolute atomic E-state index is 14.7. The number of halogens is 2. The van der Waals surface area contributed by atoms with Crippen molar-refractivity contribution < 1.29 is 36.6 Å². The van der Waals surface area contributed by atoms with Crippen LogP contribution in [0.4, 0.5) is 10.1 Å². The topological polar surface area (TPSA) is 114 Å². The first-order chi connectivity index (χ1) is 23.9. The highest BCUT2D eigenvalue weighted by Crippen LogP contribution is 2.37. The number of nitrogens with zero attached hydrogens (tertiary/aromatic N) is 2. The molecule has 0 aliphatic carbocycles. The SMILES string of the molecule is CC[C@@H](C)NC(=O)[C@@H](Cc1ccccc1)N(Cc1ccc(F)cc1)C(=O)CN(c1cc(Cl)ccc1OC)S(=O)(=O)c1ccc(OC)c(OC)c1. The maximum atomic E-state index is 14.7. The van der Waals surface area contributed by atoms with Gasteiger partial charge in [0.25, 0.3) is 10.0 Å². The normalized spacial score (nSPS) is 12.4. The summed E-state index contributed by atoms with van der Waals surface area (Å²) >= 11 is 6.37. The van der Waals surface area contributed by atoms with Gasteiger partial charge in [-0.05, 0) is 66.9 Å². The molecular weight excluding hydrogens is 685 g/mol. The van der Waals surface area contributed by atoms with Crippen LogP contribution in [0.2, 0.25) is 5.02 Å². The summed E-state index contributed by atoms with van der Waals surface area (Å²) in [5, 5.41) is 3.18. The number of benzene rings is 4. The Bertz CT molecular complexity index is 1880. The number of ether oxygens (including phenoxy) is 3. The summed E-state index contributed by atoms with van der Waals surface area (Å²) in [6, 6.07) is 21.9. The molecule has 0 bridgehead atoms. The van der Waals surface area contributed by atoms with Gasteiger partial charge in [-0.25, -0.2) is 12.8 Å². The average molecular weight is 726 g/mol. The number of amides is 2. The number of hydrogen-bond donors (Lipinski definition) is 1. The van der Waals surface area contributed by atoms with E-state index in [0.717, 1.165) is 9.87 Å². The van der Waals surface area contributed by atoms with Gasteiger partial charge in [0.2, 0.25) is 11.8 Å². The molecule has 0 unspecified atom stereocenters. The van der Waals surface area contributed by atoms with Crippen molar-refractivity contribution in [3.05, 3.63) is 113 Å². The summed E-state index contributed by atoms with van der Waals surface area (Å²) in [4.78, 5) is 29.8. The van der Waals surface area contributed by atoms with Gasteiger partial charge in [0.15, 0.2) is 11.5 Å². The molecule has 10 nitrogen and oxygen atoms in total. The van der Waals surface area contributed by atoms with E-state index in [0.29, 0.717) is 17.7 Å². The van der Waals surface area contributed by atoms with Crippen LogP contribution in [0.15, 0.2) is 95.9 Å². The van der Waals surface area contributed by atoms with Crippen LogP contribution in [0.3, 0.4) is 0 Å². The minimum atomic E-state index is -4.53. The summed E-state index contributed by atoms with van der Waals surface area (Å²) < 4.78 is 60.1. The van der Waals surface area contributed by atoms with Crippen LogP contribution in [0, 0.1) is 5.82 Å². The number of anilines is 1. The van der Waals surface area contributed by atoms with Crippen LogP contribution >= 0.6 is 11.6 Å². The molecular formula is C37H41ClFN3O7S. The van der Waals surface area contributed by atoms with E-state index in [4.69, 9.17) is 25.8 Å². The maximum Gasteiger partial charge on any atom is 0.265 e. The molecule has 0 spiro atoms. The number of hydrogen-bond acceptors (Lipinski definition) is 7. The monoisotopic (exact) mass is 725 g/mol. The number of carbonyl (C=O) groups excluding carboxylic acids is 2. The summed E-state index contributed by atoms with van der Waals surface area (Å²) in [5.41, 5.74) is 1.30. The molecule has 1 N–H and O–H groups in total. The number of methoxy groups -OCH3 is 3. The third-order valence-electron chi connectivity index (χ3n) is 8.17. The van der Waals surface area contributed by atoms with Crippen molar-refractivity contribution in [1.82, 2.24) is 10.2 Å². The minimum absolute atomic E-state index is 0.00599. The van der Waals surface area contributed by atoms with Gasteiger partial charge in [0.1, 0.15) is 24.2 Å². The summed E-state index contributed by atoms with van der Waals surface area (Å²) in [5.74, 6) is -1.01. The lowest BCUT2D eigenvalue weighted by Gasteiger charge is -2.34. The summed E-state index contributed by atoms with van der Waals surface area (Å²) in [7, 11) is -0.369. The Balaban J connectivity index is 1.88. The van der Waals surface area contributed by atoms with Crippen molar-refractivity contribution in [3.8, 4) is 17.2 Å². The fraction of sp³-hybridized carbons (Fsp3) is 0.297. The standard InChI is InChI=1S/C37H41ClFN3O7S/c1-6-25(2)40-37(44)32(20-26-10-8-7-9-11-26)41(23-27-12-15-29(39)16-13-27)36(43)24-42(31-21-28(38)14-18-33(31)47-3)50(45,46)30-17-19-34(48-4)35(22-30)49-5/h7-19,21-22,25,32H,6,20,23-24H2,1-5H3,(H,40,44)/t25-,32-/m1/s1. The molecule has 50 heavy (non-hydrogen) atoms. The van der Waals surface area contributed by atoms with Gasteiger partial charge in [-0.2, -0.15) is 0 Å². The molecule has 0 aromatic heterocycles. The molecule has 4 aromatic carbocycles. The highest BCUT2D eigenvalue weighted by molar-refractivity contribution is 7.92. The van der Waals surface area contributed by atoms with Gasteiger partial charge >= 0.3 is 0 Å². The summed E-state index contributed by atoms with van der Waals surface area (Å²) in [6.45, 7) is 2.90. The van der Waals surface area contributed by atoms with E-state index in [1.54, 1.807) is 0 Å². The molecule has 0 radical (unpaired) electrons. The molecule has 0 saturated carbocycles. The van der Waals surface area contributed by atoms with Crippen LogP contribution in [0.5, 0.6) is 17.2 Å². The van der Waals surface area contributed by atoms with Crippen molar-refractivity contribution in [2.75, 3.05) is 32.2 Å². The second-order valence-corrected chi connectivity index (χ2v) is 13.8. The van der Waals surface area contributed by atoms with E-state index in [2.05, 4.69) is 5.32 Å². The Morgan fingerprint density at radius 2 is 1.48 bits per heavy atom. The third-order valence-corrected chi connectivity index (χ3v) is 10.2. The Labute approximate surface area is 297 Å². The zero-order valence-corrected chi connectivity index (χ0v) is 30.1. The molecule has 0 aliphatic rings. The predicted molar refractivity (Wildman–Crippen MR) is 191 cm³/mol. The van der Waals surface area contributed by atoms with Gasteiger partial charge in [-0.15, -0.1) is 0 Å². The van der Waals surface area contributed by atoms with E-state index in [1.165, 1.54) is 86.9 Å². The lowest BCUT2D eigenvalue weighted by Crippen LogP contribution is -2.54. The van der Waals surface area contributed by atoms with Crippen LogP contribution in [0.1, 0.15) is 31.4 Å². The number of carbonyl (C=O) groups is 2. The van der Waals surface area contributed by atoms with E-state index in [1.807, 2.05) is 44.2 Å². The first-order valence-corrected chi connectivity index (χ1v) is 17.7. The fourth-order valence-corrected chi connectivity index (χ4v) is 6.86. The molecule has 0 aliphatic heterocycles. The molecule has 13 heteroatoms. The van der Waals surface area contributed by atoms with Crippen LogP contribution in [-0.4, -0.2) is 65.1 Å². The largest absolute Gasteiger partial charge is 0.495 e. The van der Waals surface area contributed by atoms with Crippen molar-refractivity contribution in [2.24, 2.45) is 0 Å². The molecule has 266 valence electrons. The predicted octanol–water partition coefficient (Wildman–Crippen LogP) is 6.26. The molecule has 2 amide bonds. The molecule has 2 atom stereocenters. The Hall–Kier alpha value is -4.81. The Morgan fingerprint density at radius 3 is 2.10 bits per heavy atom. The van der Waals surface area contributed by atoms with E-state index < -0.39 is 40.2 Å². The second-order valence-electron chi connectivity index (χ2n) is 11.5. The van der Waals surface area contributed by atoms with E-state index in [-0.39, 0.29) is 46.1 Å². The van der Waals surface area contributed by atoms with E-state index in [9.17, 15) is 22.4 Å². The fourth-order valence-electron chi connectivity index (χ4n) is 5.26. The van der Waals surface area contributed by atoms with Crippen molar-refractivity contribution in [3.63, 3.8) is 0 Å². The number of nitrogens with one attached hydrogen (secondary N) is 1. The molecule has 0 saturated heterocycles. The molecule has 0 heterocycles. The van der Waals surface area contributed by atoms with Crippen molar-refractivity contribution >= 4 is 39.1 Å². The second kappa shape index (κ2) is 17.2. The van der Waals surface area contributed by atoms with Crippen LogP contribution in [0.25, 0.3) is 0 Å². The first kappa shape index (κ1) is 38.0. The smallest absolute Gasteiger partial charge is 0.265 e. The highest BCUT2D eigenvalue weighted by atomic mass is 35.5. The average Bonchev–Trinajstić information content (AvgIpc) is 3.12. The quantitative estimate of drug-likeness (QED) is 0.145. The molecule has 4 aromatic rings. The highest BCUT2D eigenvalue weighted by Gasteiger charge is 2.36. The first-order valence-electron chi connectivity index (χ1n) is 15.9. The lowest BCUT2D eigenvalue weighted by atomic mass is 10.0. The van der Waals surface area contributed by atoms with Gasteiger partial charge < -0.3 is 24.4 Å². The van der Waals surface area contributed by atoms with Gasteiger partial charge in [-0.3, -0.25) is 13.9 Å². The van der Waals surface area contributed by atoms with Gasteiger partial charge in [0, 0.05) is 30.1 Å². The van der Waals surface area contributed by atoms with E-state index >= 15 is 0 Å². The van der Waals surface area contributed by atoms with Crippen LogP contribution in [-0.2, 0) is 32.6 Å². The summed E-state index contributed by atoms with van der Waals surface area (Å²) in [6.07, 6.45) is 0.764. The van der Waals surface area contributed by atoms with Crippen molar-refractivity contribution in [2.45, 2.75) is 50.2 Å². The zero-order valence-electron chi connectivity index (χ0n) is 28.6.